The number of rotatable bonds is 5. The minimum absolute atomic E-state index is 0.548. The van der Waals surface area contributed by atoms with Gasteiger partial charge in [0.15, 0.2) is 0 Å². The quantitative estimate of drug-likeness (QED) is 0.903. The third kappa shape index (κ3) is 3.82. The molecule has 2 aliphatic rings. The van der Waals surface area contributed by atoms with Crippen LogP contribution in [-0.4, -0.2) is 43.8 Å². The van der Waals surface area contributed by atoms with Gasteiger partial charge in [-0.3, -0.25) is 4.90 Å². The summed E-state index contributed by atoms with van der Waals surface area (Å²) >= 11 is 2.03. The number of aryl methyl sites for hydroxylation is 2. The van der Waals surface area contributed by atoms with Crippen molar-refractivity contribution >= 4 is 11.3 Å². The van der Waals surface area contributed by atoms with Crippen molar-refractivity contribution in [3.05, 3.63) is 21.4 Å². The normalized spacial score (nSPS) is 21.6. The molecule has 1 aliphatic heterocycles. The molecule has 1 aromatic heterocycles. The fourth-order valence-electron chi connectivity index (χ4n) is 3.15. The maximum Gasteiger partial charge on any atom is 0.0594 e. The summed E-state index contributed by atoms with van der Waals surface area (Å²) in [5, 5.41) is 3.68. The van der Waals surface area contributed by atoms with E-state index in [9.17, 15) is 0 Å². The molecule has 2 heterocycles. The molecule has 3 nitrogen and oxygen atoms in total. The van der Waals surface area contributed by atoms with Crippen LogP contribution in [0.1, 0.15) is 35.1 Å². The Morgan fingerprint density at radius 2 is 2.10 bits per heavy atom. The number of fused-ring (bicyclic) bond motifs is 1. The van der Waals surface area contributed by atoms with Crippen molar-refractivity contribution in [3.63, 3.8) is 0 Å². The minimum atomic E-state index is 0.548. The highest BCUT2D eigenvalue weighted by molar-refractivity contribution is 7.12. The van der Waals surface area contributed by atoms with Crippen molar-refractivity contribution in [2.45, 2.75) is 45.2 Å². The lowest BCUT2D eigenvalue weighted by molar-refractivity contribution is 0.0343. The summed E-state index contributed by atoms with van der Waals surface area (Å²) in [7, 11) is 0. The second-order valence-electron chi connectivity index (χ2n) is 6.06. The Kier molecular flexibility index (Phi) is 5.10. The van der Waals surface area contributed by atoms with E-state index in [1.165, 1.54) is 30.6 Å². The number of hydrogen-bond donors (Lipinski definition) is 1. The molecule has 1 atom stereocenters. The van der Waals surface area contributed by atoms with E-state index in [2.05, 4.69) is 23.2 Å². The van der Waals surface area contributed by atoms with Crippen molar-refractivity contribution in [3.8, 4) is 0 Å². The van der Waals surface area contributed by atoms with Crippen LogP contribution >= 0.6 is 11.3 Å². The molecule has 0 aromatic carbocycles. The Balaban J connectivity index is 1.45. The third-order valence-electron chi connectivity index (χ3n) is 4.31. The molecule has 20 heavy (non-hydrogen) atoms. The van der Waals surface area contributed by atoms with E-state index in [-0.39, 0.29) is 0 Å². The molecule has 0 radical (unpaired) electrons. The molecule has 0 saturated carbocycles. The van der Waals surface area contributed by atoms with Crippen molar-refractivity contribution < 1.29 is 4.74 Å². The predicted molar refractivity (Wildman–Crippen MR) is 84.5 cm³/mol. The molecule has 1 aromatic rings. The largest absolute Gasteiger partial charge is 0.379 e. The lowest BCUT2D eigenvalue weighted by atomic mass is 9.99. The monoisotopic (exact) mass is 294 g/mol. The first-order valence-corrected chi connectivity index (χ1v) is 8.77. The third-order valence-corrected chi connectivity index (χ3v) is 5.55. The standard InChI is InChI=1S/C16H26N2OS/c1-13(12-18-6-8-19-9-7-18)17-11-15-10-14-4-2-3-5-16(14)20-15/h10,13,17H,2-9,11-12H2,1H3. The van der Waals surface area contributed by atoms with E-state index in [0.717, 1.165) is 39.4 Å². The fraction of sp³-hybridized carbons (Fsp3) is 0.750. The summed E-state index contributed by atoms with van der Waals surface area (Å²) < 4.78 is 5.40. The lowest BCUT2D eigenvalue weighted by Crippen LogP contribution is -2.44. The summed E-state index contributed by atoms with van der Waals surface area (Å²) in [6.07, 6.45) is 5.37. The van der Waals surface area contributed by atoms with Crippen LogP contribution in [0.2, 0.25) is 0 Å². The first kappa shape index (κ1) is 14.5. The maximum absolute atomic E-state index is 5.40. The fourth-order valence-corrected chi connectivity index (χ4v) is 4.36. The van der Waals surface area contributed by atoms with Gasteiger partial charge in [0.2, 0.25) is 0 Å². The van der Waals surface area contributed by atoms with E-state index in [1.54, 1.807) is 10.4 Å². The van der Waals surface area contributed by atoms with Crippen molar-refractivity contribution in [1.29, 1.82) is 0 Å². The van der Waals surface area contributed by atoms with Gasteiger partial charge < -0.3 is 10.1 Å². The molecular weight excluding hydrogens is 268 g/mol. The van der Waals surface area contributed by atoms with E-state index in [4.69, 9.17) is 4.74 Å². The SMILES string of the molecule is CC(CN1CCOCC1)NCc1cc2c(s1)CCCC2. The summed E-state index contributed by atoms with van der Waals surface area (Å²) in [6.45, 7) is 8.41. The van der Waals surface area contributed by atoms with Gasteiger partial charge in [0, 0.05) is 42.0 Å². The van der Waals surface area contributed by atoms with Crippen LogP contribution < -0.4 is 5.32 Å². The highest BCUT2D eigenvalue weighted by Crippen LogP contribution is 2.29. The zero-order valence-corrected chi connectivity index (χ0v) is 13.3. The van der Waals surface area contributed by atoms with Gasteiger partial charge in [-0.05, 0) is 44.2 Å². The number of ether oxygens (including phenoxy) is 1. The molecule has 0 spiro atoms. The topological polar surface area (TPSA) is 24.5 Å². The van der Waals surface area contributed by atoms with Gasteiger partial charge in [-0.25, -0.2) is 0 Å². The first-order valence-electron chi connectivity index (χ1n) is 7.95. The lowest BCUT2D eigenvalue weighted by Gasteiger charge is -2.29. The second kappa shape index (κ2) is 7.03. The van der Waals surface area contributed by atoms with E-state index in [0.29, 0.717) is 6.04 Å². The van der Waals surface area contributed by atoms with Crippen LogP contribution in [-0.2, 0) is 24.1 Å². The zero-order valence-electron chi connectivity index (χ0n) is 12.5. The van der Waals surface area contributed by atoms with E-state index >= 15 is 0 Å². The van der Waals surface area contributed by atoms with Gasteiger partial charge in [0.25, 0.3) is 0 Å². The molecular formula is C16H26N2OS. The van der Waals surface area contributed by atoms with E-state index in [1.807, 2.05) is 11.3 Å². The summed E-state index contributed by atoms with van der Waals surface area (Å²) in [5.41, 5.74) is 1.62. The average Bonchev–Trinajstić information content (AvgIpc) is 2.89. The highest BCUT2D eigenvalue weighted by atomic mass is 32.1. The smallest absolute Gasteiger partial charge is 0.0594 e. The predicted octanol–water partition coefficient (Wildman–Crippen LogP) is 2.44. The minimum Gasteiger partial charge on any atom is -0.379 e. The number of hydrogen-bond acceptors (Lipinski definition) is 4. The van der Waals surface area contributed by atoms with Gasteiger partial charge in [-0.15, -0.1) is 11.3 Å². The number of morpholine rings is 1. The second-order valence-corrected chi connectivity index (χ2v) is 7.28. The van der Waals surface area contributed by atoms with Crippen LogP contribution in [0.4, 0.5) is 0 Å². The number of nitrogens with one attached hydrogen (secondary N) is 1. The number of nitrogens with zero attached hydrogens (tertiary/aromatic N) is 1. The van der Waals surface area contributed by atoms with E-state index < -0.39 is 0 Å². The van der Waals surface area contributed by atoms with Crippen LogP contribution in [0.5, 0.6) is 0 Å². The molecule has 0 amide bonds. The molecule has 1 N–H and O–H groups in total. The molecule has 1 aliphatic carbocycles. The zero-order chi connectivity index (χ0) is 13.8. The molecule has 0 bridgehead atoms. The van der Waals surface area contributed by atoms with Crippen LogP contribution in [0, 0.1) is 0 Å². The first-order chi connectivity index (χ1) is 9.81. The van der Waals surface area contributed by atoms with Crippen LogP contribution in [0.25, 0.3) is 0 Å². The van der Waals surface area contributed by atoms with Crippen molar-refractivity contribution in [2.24, 2.45) is 0 Å². The van der Waals surface area contributed by atoms with Gasteiger partial charge in [-0.1, -0.05) is 0 Å². The Bertz CT molecular complexity index is 403. The van der Waals surface area contributed by atoms with Crippen molar-refractivity contribution in [2.75, 3.05) is 32.8 Å². The molecule has 1 fully saturated rings. The van der Waals surface area contributed by atoms with Crippen molar-refractivity contribution in [1.82, 2.24) is 10.2 Å². The average molecular weight is 294 g/mol. The van der Waals surface area contributed by atoms with Crippen LogP contribution in [0.15, 0.2) is 6.07 Å². The summed E-state index contributed by atoms with van der Waals surface area (Å²) in [5.74, 6) is 0. The summed E-state index contributed by atoms with van der Waals surface area (Å²) in [6, 6.07) is 2.99. The maximum atomic E-state index is 5.40. The number of thiophene rings is 1. The van der Waals surface area contributed by atoms with Gasteiger partial charge in [0.1, 0.15) is 0 Å². The summed E-state index contributed by atoms with van der Waals surface area (Å²) in [4.78, 5) is 5.67. The molecule has 4 heteroatoms. The van der Waals surface area contributed by atoms with Gasteiger partial charge in [-0.2, -0.15) is 0 Å². The Labute approximate surface area is 126 Å². The molecule has 3 rings (SSSR count). The molecule has 112 valence electrons. The Morgan fingerprint density at radius 1 is 1.30 bits per heavy atom. The Morgan fingerprint density at radius 3 is 2.90 bits per heavy atom. The van der Waals surface area contributed by atoms with Crippen LogP contribution in [0.3, 0.4) is 0 Å². The van der Waals surface area contributed by atoms with Gasteiger partial charge >= 0.3 is 0 Å². The molecule has 1 saturated heterocycles. The van der Waals surface area contributed by atoms with Gasteiger partial charge in [0.05, 0.1) is 13.2 Å². The molecule has 1 unspecified atom stereocenters. The Hall–Kier alpha value is -0.420. The highest BCUT2D eigenvalue weighted by Gasteiger charge is 2.15.